The van der Waals surface area contributed by atoms with Crippen molar-refractivity contribution in [1.29, 1.82) is 0 Å². The number of nitrogens with zero attached hydrogens (tertiary/aromatic N) is 1. The van der Waals surface area contributed by atoms with Crippen LogP contribution >= 0.6 is 0 Å². The molecule has 86 valence electrons. The molecule has 3 nitrogen and oxygen atoms in total. The van der Waals surface area contributed by atoms with Gasteiger partial charge in [0.2, 0.25) is 0 Å². The van der Waals surface area contributed by atoms with E-state index in [9.17, 15) is 9.90 Å². The fourth-order valence-corrected chi connectivity index (χ4v) is 3.25. The maximum absolute atomic E-state index is 11.3. The molecule has 1 N–H and O–H groups in total. The van der Waals surface area contributed by atoms with Gasteiger partial charge in [-0.1, -0.05) is 19.8 Å². The summed E-state index contributed by atoms with van der Waals surface area (Å²) in [7, 11) is 0. The standard InChI is InChI=1S/C12H21NO2/c1-9-5-4-8-13(11(9)12(14)15)10-6-2-3-7-10/h9-11H,2-8H2,1H3,(H,14,15). The topological polar surface area (TPSA) is 40.5 Å². The van der Waals surface area contributed by atoms with Gasteiger partial charge in [0.25, 0.3) is 0 Å². The van der Waals surface area contributed by atoms with Crippen molar-refractivity contribution in [3.63, 3.8) is 0 Å². The van der Waals surface area contributed by atoms with E-state index in [4.69, 9.17) is 0 Å². The molecule has 1 aliphatic heterocycles. The summed E-state index contributed by atoms with van der Waals surface area (Å²) in [4.78, 5) is 13.6. The highest BCUT2D eigenvalue weighted by Crippen LogP contribution is 2.31. The molecular weight excluding hydrogens is 190 g/mol. The van der Waals surface area contributed by atoms with Crippen LogP contribution in [0.15, 0.2) is 0 Å². The predicted molar refractivity (Wildman–Crippen MR) is 58.8 cm³/mol. The van der Waals surface area contributed by atoms with Crippen LogP contribution in [0.2, 0.25) is 0 Å². The summed E-state index contributed by atoms with van der Waals surface area (Å²) in [6.45, 7) is 3.08. The van der Waals surface area contributed by atoms with Gasteiger partial charge in [-0.25, -0.2) is 0 Å². The third kappa shape index (κ3) is 2.17. The number of piperidine rings is 1. The summed E-state index contributed by atoms with van der Waals surface area (Å²) in [6, 6.07) is 0.329. The first kappa shape index (κ1) is 10.9. The molecule has 0 radical (unpaired) electrons. The molecular formula is C12H21NO2. The average molecular weight is 211 g/mol. The fraction of sp³-hybridized carbons (Fsp3) is 0.917. The second-order valence-electron chi connectivity index (χ2n) is 5.08. The summed E-state index contributed by atoms with van der Waals surface area (Å²) in [5, 5.41) is 9.30. The minimum absolute atomic E-state index is 0.221. The van der Waals surface area contributed by atoms with Crippen molar-refractivity contribution in [1.82, 2.24) is 4.90 Å². The minimum atomic E-state index is -0.617. The van der Waals surface area contributed by atoms with Gasteiger partial charge in [-0.05, 0) is 38.1 Å². The van der Waals surface area contributed by atoms with Crippen molar-refractivity contribution < 1.29 is 9.90 Å². The van der Waals surface area contributed by atoms with Crippen molar-refractivity contribution in [2.24, 2.45) is 5.92 Å². The van der Waals surface area contributed by atoms with E-state index in [0.29, 0.717) is 12.0 Å². The Morgan fingerprint density at radius 2 is 1.87 bits per heavy atom. The molecule has 2 fully saturated rings. The molecule has 1 saturated carbocycles. The van der Waals surface area contributed by atoms with Gasteiger partial charge in [0.05, 0.1) is 0 Å². The highest BCUT2D eigenvalue weighted by molar-refractivity contribution is 5.74. The lowest BCUT2D eigenvalue weighted by Crippen LogP contribution is -2.52. The van der Waals surface area contributed by atoms with Gasteiger partial charge in [-0.3, -0.25) is 9.69 Å². The highest BCUT2D eigenvalue weighted by Gasteiger charge is 2.38. The summed E-state index contributed by atoms with van der Waals surface area (Å²) in [5.74, 6) is -0.300. The van der Waals surface area contributed by atoms with Crippen LogP contribution in [0, 0.1) is 5.92 Å². The van der Waals surface area contributed by atoms with Crippen LogP contribution in [0.4, 0.5) is 0 Å². The lowest BCUT2D eigenvalue weighted by atomic mass is 9.89. The monoisotopic (exact) mass is 211 g/mol. The molecule has 1 heterocycles. The zero-order chi connectivity index (χ0) is 10.8. The Morgan fingerprint density at radius 3 is 2.47 bits per heavy atom. The second kappa shape index (κ2) is 4.52. The Hall–Kier alpha value is -0.570. The molecule has 2 unspecified atom stereocenters. The number of hydrogen-bond acceptors (Lipinski definition) is 2. The van der Waals surface area contributed by atoms with Crippen molar-refractivity contribution in [3.8, 4) is 0 Å². The van der Waals surface area contributed by atoms with Crippen LogP contribution in [0.3, 0.4) is 0 Å². The van der Waals surface area contributed by atoms with Crippen molar-refractivity contribution in [2.75, 3.05) is 6.54 Å². The Kier molecular flexibility index (Phi) is 3.29. The Morgan fingerprint density at radius 1 is 1.20 bits per heavy atom. The molecule has 0 bridgehead atoms. The average Bonchev–Trinajstić information content (AvgIpc) is 2.69. The van der Waals surface area contributed by atoms with E-state index in [1.54, 1.807) is 0 Å². The Bertz CT molecular complexity index is 236. The predicted octanol–water partition coefficient (Wildman–Crippen LogP) is 2.11. The molecule has 0 aromatic carbocycles. The van der Waals surface area contributed by atoms with Crippen LogP contribution < -0.4 is 0 Å². The third-order valence-corrected chi connectivity index (χ3v) is 4.02. The maximum Gasteiger partial charge on any atom is 0.321 e. The molecule has 15 heavy (non-hydrogen) atoms. The van der Waals surface area contributed by atoms with E-state index in [-0.39, 0.29) is 6.04 Å². The molecule has 0 amide bonds. The normalized spacial score (nSPS) is 34.5. The molecule has 1 aliphatic carbocycles. The van der Waals surface area contributed by atoms with Gasteiger partial charge in [-0.15, -0.1) is 0 Å². The number of likely N-dealkylation sites (tertiary alicyclic amines) is 1. The molecule has 2 atom stereocenters. The van der Waals surface area contributed by atoms with Crippen LogP contribution in [0.5, 0.6) is 0 Å². The van der Waals surface area contributed by atoms with E-state index in [2.05, 4.69) is 11.8 Å². The maximum atomic E-state index is 11.3. The number of hydrogen-bond donors (Lipinski definition) is 1. The van der Waals surface area contributed by atoms with E-state index in [0.717, 1.165) is 13.0 Å². The molecule has 0 spiro atoms. The van der Waals surface area contributed by atoms with Crippen molar-refractivity contribution in [2.45, 2.75) is 57.5 Å². The molecule has 3 heteroatoms. The Balaban J connectivity index is 2.08. The molecule has 0 aromatic rings. The van der Waals surface area contributed by atoms with Crippen LogP contribution in [0.25, 0.3) is 0 Å². The van der Waals surface area contributed by atoms with Gasteiger partial charge in [0.1, 0.15) is 6.04 Å². The van der Waals surface area contributed by atoms with Gasteiger partial charge >= 0.3 is 5.97 Å². The lowest BCUT2D eigenvalue weighted by molar-refractivity contribution is -0.148. The lowest BCUT2D eigenvalue weighted by Gasteiger charge is -2.41. The summed E-state index contributed by atoms with van der Waals surface area (Å²) >= 11 is 0. The summed E-state index contributed by atoms with van der Waals surface area (Å²) in [5.41, 5.74) is 0. The van der Waals surface area contributed by atoms with E-state index >= 15 is 0 Å². The fourth-order valence-electron chi connectivity index (χ4n) is 3.25. The summed E-state index contributed by atoms with van der Waals surface area (Å²) < 4.78 is 0. The quantitative estimate of drug-likeness (QED) is 0.760. The minimum Gasteiger partial charge on any atom is -0.480 e. The first-order valence-electron chi connectivity index (χ1n) is 6.18. The number of rotatable bonds is 2. The van der Waals surface area contributed by atoms with Gasteiger partial charge < -0.3 is 5.11 Å². The molecule has 2 aliphatic rings. The van der Waals surface area contributed by atoms with Gasteiger partial charge in [0, 0.05) is 6.04 Å². The number of carboxylic acid groups (broad SMARTS) is 1. The second-order valence-corrected chi connectivity index (χ2v) is 5.08. The van der Waals surface area contributed by atoms with E-state index in [1.807, 2.05) is 0 Å². The Labute approximate surface area is 91.5 Å². The largest absolute Gasteiger partial charge is 0.480 e. The SMILES string of the molecule is CC1CCCN(C2CCCC2)C1C(=O)O. The zero-order valence-electron chi connectivity index (χ0n) is 9.48. The van der Waals surface area contributed by atoms with Crippen LogP contribution in [-0.4, -0.2) is 34.6 Å². The highest BCUT2D eigenvalue weighted by atomic mass is 16.4. The smallest absolute Gasteiger partial charge is 0.321 e. The van der Waals surface area contributed by atoms with E-state index < -0.39 is 5.97 Å². The first-order chi connectivity index (χ1) is 7.20. The van der Waals surface area contributed by atoms with E-state index in [1.165, 1.54) is 32.1 Å². The van der Waals surface area contributed by atoms with Crippen LogP contribution in [-0.2, 0) is 4.79 Å². The number of aliphatic carboxylic acids is 1. The van der Waals surface area contributed by atoms with Crippen LogP contribution in [0.1, 0.15) is 45.4 Å². The molecule has 2 rings (SSSR count). The summed E-state index contributed by atoms with van der Waals surface area (Å²) in [6.07, 6.45) is 7.21. The number of carboxylic acids is 1. The van der Waals surface area contributed by atoms with Crippen molar-refractivity contribution >= 4 is 5.97 Å². The van der Waals surface area contributed by atoms with Crippen molar-refractivity contribution in [3.05, 3.63) is 0 Å². The molecule has 0 aromatic heterocycles. The zero-order valence-corrected chi connectivity index (χ0v) is 9.48. The number of carbonyl (C=O) groups is 1. The van der Waals surface area contributed by atoms with Gasteiger partial charge in [-0.2, -0.15) is 0 Å². The molecule has 1 saturated heterocycles. The first-order valence-corrected chi connectivity index (χ1v) is 6.18. The van der Waals surface area contributed by atoms with Gasteiger partial charge in [0.15, 0.2) is 0 Å². The third-order valence-electron chi connectivity index (χ3n) is 4.02.